The van der Waals surface area contributed by atoms with Crippen LogP contribution in [0.5, 0.6) is 17.2 Å². The van der Waals surface area contributed by atoms with Crippen LogP contribution in [0.15, 0.2) is 42.5 Å². The molecule has 1 N–H and O–H groups in total. The molecule has 0 amide bonds. The minimum atomic E-state index is -0.619. The summed E-state index contributed by atoms with van der Waals surface area (Å²) in [7, 11) is 3.21. The lowest BCUT2D eigenvalue weighted by atomic mass is 9.96. The third-order valence-corrected chi connectivity index (χ3v) is 4.68. The summed E-state index contributed by atoms with van der Waals surface area (Å²) in [5.41, 5.74) is 2.80. The van der Waals surface area contributed by atoms with Crippen molar-refractivity contribution in [2.45, 2.75) is 19.4 Å². The van der Waals surface area contributed by atoms with E-state index in [0.29, 0.717) is 22.3 Å². The summed E-state index contributed by atoms with van der Waals surface area (Å²) in [6.07, 6.45) is 1.81. The molecular formula is C21H22ClNO4. The van der Waals surface area contributed by atoms with Gasteiger partial charge in [-0.15, -0.1) is 0 Å². The molecule has 0 saturated carbocycles. The van der Waals surface area contributed by atoms with Gasteiger partial charge in [0, 0.05) is 28.9 Å². The monoisotopic (exact) mass is 387 g/mol. The zero-order valence-electron chi connectivity index (χ0n) is 15.5. The summed E-state index contributed by atoms with van der Waals surface area (Å²) >= 11 is 5.87. The summed E-state index contributed by atoms with van der Waals surface area (Å²) in [6.45, 7) is 2.47. The second kappa shape index (κ2) is 8.35. The maximum atomic E-state index is 12.6. The number of carbonyl (C=O) groups is 1. The molecule has 1 heterocycles. The standard InChI is InChI=1S/C21H22ClNO4/c1-13(27-16-6-4-15(22)5-7-16)19(24)12-18-17-11-21(26-3)20(25-2)10-14(17)8-9-23-18/h4-7,10-13,23H,8-9H2,1-3H3/b18-12-. The molecule has 5 nitrogen and oxygen atoms in total. The van der Waals surface area contributed by atoms with E-state index in [1.165, 1.54) is 0 Å². The van der Waals surface area contributed by atoms with E-state index < -0.39 is 6.10 Å². The topological polar surface area (TPSA) is 56.8 Å². The molecule has 1 aliphatic rings. The lowest BCUT2D eigenvalue weighted by Crippen LogP contribution is -2.27. The number of hydrogen-bond donors (Lipinski definition) is 1. The predicted molar refractivity (Wildman–Crippen MR) is 106 cm³/mol. The Bertz CT molecular complexity index is 861. The highest BCUT2D eigenvalue weighted by Gasteiger charge is 2.20. The molecule has 6 heteroatoms. The van der Waals surface area contributed by atoms with Crippen molar-refractivity contribution in [3.05, 3.63) is 58.6 Å². The van der Waals surface area contributed by atoms with E-state index in [2.05, 4.69) is 5.32 Å². The van der Waals surface area contributed by atoms with Crippen molar-refractivity contribution in [3.63, 3.8) is 0 Å². The SMILES string of the molecule is COc1cc2c(cc1OC)/C(=C/C(=O)C(C)Oc1ccc(Cl)cc1)NCC2. The Morgan fingerprint density at radius 2 is 1.81 bits per heavy atom. The van der Waals surface area contributed by atoms with Gasteiger partial charge in [0.15, 0.2) is 23.4 Å². The number of rotatable bonds is 6. The quantitative estimate of drug-likeness (QED) is 0.762. The van der Waals surface area contributed by atoms with E-state index in [1.54, 1.807) is 51.5 Å². The number of carbonyl (C=O) groups excluding carboxylic acids is 1. The highest BCUT2D eigenvalue weighted by molar-refractivity contribution is 6.30. The van der Waals surface area contributed by atoms with E-state index in [1.807, 2.05) is 12.1 Å². The van der Waals surface area contributed by atoms with Gasteiger partial charge in [0.1, 0.15) is 5.75 Å². The second-order valence-corrected chi connectivity index (χ2v) is 6.65. The predicted octanol–water partition coefficient (Wildman–Crippen LogP) is 3.88. The summed E-state index contributed by atoms with van der Waals surface area (Å²) in [5.74, 6) is 1.78. The van der Waals surface area contributed by atoms with Crippen molar-refractivity contribution < 1.29 is 19.0 Å². The molecule has 142 valence electrons. The van der Waals surface area contributed by atoms with Gasteiger partial charge in [0.2, 0.25) is 0 Å². The molecule has 0 aromatic heterocycles. The van der Waals surface area contributed by atoms with Gasteiger partial charge in [-0.2, -0.15) is 0 Å². The van der Waals surface area contributed by atoms with Crippen LogP contribution in [0.2, 0.25) is 5.02 Å². The zero-order chi connectivity index (χ0) is 19.4. The molecule has 2 aromatic carbocycles. The lowest BCUT2D eigenvalue weighted by molar-refractivity contribution is -0.120. The number of hydrogen-bond acceptors (Lipinski definition) is 5. The highest BCUT2D eigenvalue weighted by atomic mass is 35.5. The fraction of sp³-hybridized carbons (Fsp3) is 0.286. The van der Waals surface area contributed by atoms with Crippen LogP contribution >= 0.6 is 11.6 Å². The highest BCUT2D eigenvalue weighted by Crippen LogP contribution is 2.34. The van der Waals surface area contributed by atoms with Gasteiger partial charge in [0.05, 0.1) is 14.2 Å². The Labute approximate surface area is 163 Å². The van der Waals surface area contributed by atoms with Gasteiger partial charge in [-0.3, -0.25) is 4.79 Å². The number of fused-ring (bicyclic) bond motifs is 1. The van der Waals surface area contributed by atoms with Gasteiger partial charge >= 0.3 is 0 Å². The molecule has 1 unspecified atom stereocenters. The van der Waals surface area contributed by atoms with Crippen molar-refractivity contribution in [2.24, 2.45) is 0 Å². The summed E-state index contributed by atoms with van der Waals surface area (Å²) in [4.78, 5) is 12.6. The maximum Gasteiger partial charge on any atom is 0.197 e. The molecule has 2 aromatic rings. The van der Waals surface area contributed by atoms with E-state index >= 15 is 0 Å². The first kappa shape index (κ1) is 19.1. The first-order valence-corrected chi connectivity index (χ1v) is 9.06. The minimum Gasteiger partial charge on any atom is -0.493 e. The van der Waals surface area contributed by atoms with Gasteiger partial charge in [-0.1, -0.05) is 11.6 Å². The van der Waals surface area contributed by atoms with Gasteiger partial charge in [-0.05, 0) is 55.3 Å². The molecule has 1 aliphatic heterocycles. The van der Waals surface area contributed by atoms with Crippen LogP contribution in [-0.4, -0.2) is 32.7 Å². The van der Waals surface area contributed by atoms with Crippen molar-refractivity contribution in [2.75, 3.05) is 20.8 Å². The van der Waals surface area contributed by atoms with Gasteiger partial charge in [0.25, 0.3) is 0 Å². The van der Waals surface area contributed by atoms with Crippen LogP contribution in [0, 0.1) is 0 Å². The first-order valence-electron chi connectivity index (χ1n) is 8.68. The fourth-order valence-corrected chi connectivity index (χ4v) is 3.10. The Hall–Kier alpha value is -2.66. The largest absolute Gasteiger partial charge is 0.493 e. The fourth-order valence-electron chi connectivity index (χ4n) is 2.97. The normalized spacial score (nSPS) is 15.5. The Morgan fingerprint density at radius 1 is 1.15 bits per heavy atom. The van der Waals surface area contributed by atoms with Crippen molar-refractivity contribution >= 4 is 23.1 Å². The van der Waals surface area contributed by atoms with Crippen LogP contribution in [-0.2, 0) is 11.2 Å². The molecule has 0 saturated heterocycles. The van der Waals surface area contributed by atoms with Crippen LogP contribution in [0.4, 0.5) is 0 Å². The van der Waals surface area contributed by atoms with E-state index in [-0.39, 0.29) is 5.78 Å². The third-order valence-electron chi connectivity index (χ3n) is 4.42. The molecular weight excluding hydrogens is 366 g/mol. The molecule has 3 rings (SSSR count). The molecule has 27 heavy (non-hydrogen) atoms. The number of nitrogens with one attached hydrogen (secondary N) is 1. The molecule has 0 bridgehead atoms. The third kappa shape index (κ3) is 4.37. The Morgan fingerprint density at radius 3 is 2.48 bits per heavy atom. The van der Waals surface area contributed by atoms with E-state index in [4.69, 9.17) is 25.8 Å². The summed E-state index contributed by atoms with van der Waals surface area (Å²) in [5, 5.41) is 3.91. The maximum absolute atomic E-state index is 12.6. The van der Waals surface area contributed by atoms with Gasteiger partial charge in [-0.25, -0.2) is 0 Å². The van der Waals surface area contributed by atoms with Crippen molar-refractivity contribution in [1.29, 1.82) is 0 Å². The first-order chi connectivity index (χ1) is 13.0. The summed E-state index contributed by atoms with van der Waals surface area (Å²) in [6, 6.07) is 10.8. The average Bonchev–Trinajstić information content (AvgIpc) is 2.68. The van der Waals surface area contributed by atoms with Crippen molar-refractivity contribution in [3.8, 4) is 17.2 Å². The number of benzene rings is 2. The van der Waals surface area contributed by atoms with Crippen LogP contribution in [0.25, 0.3) is 5.70 Å². The Balaban J connectivity index is 1.83. The number of halogens is 1. The number of methoxy groups -OCH3 is 2. The van der Waals surface area contributed by atoms with Gasteiger partial charge < -0.3 is 19.5 Å². The second-order valence-electron chi connectivity index (χ2n) is 6.22. The molecule has 0 aliphatic carbocycles. The zero-order valence-corrected chi connectivity index (χ0v) is 16.3. The van der Waals surface area contributed by atoms with Crippen molar-refractivity contribution in [1.82, 2.24) is 5.32 Å². The molecule has 0 fully saturated rings. The minimum absolute atomic E-state index is 0.130. The molecule has 1 atom stereocenters. The Kier molecular flexibility index (Phi) is 5.91. The molecule has 0 radical (unpaired) electrons. The molecule has 0 spiro atoms. The van der Waals surface area contributed by atoms with E-state index in [9.17, 15) is 4.79 Å². The number of ketones is 1. The van der Waals surface area contributed by atoms with E-state index in [0.717, 1.165) is 29.8 Å². The smallest absolute Gasteiger partial charge is 0.197 e. The van der Waals surface area contributed by atoms with Crippen LogP contribution in [0.1, 0.15) is 18.1 Å². The van der Waals surface area contributed by atoms with Crippen LogP contribution in [0.3, 0.4) is 0 Å². The summed E-state index contributed by atoms with van der Waals surface area (Å²) < 4.78 is 16.5. The average molecular weight is 388 g/mol. The lowest BCUT2D eigenvalue weighted by Gasteiger charge is -2.23. The number of ether oxygens (including phenoxy) is 3. The van der Waals surface area contributed by atoms with Crippen LogP contribution < -0.4 is 19.5 Å².